The highest BCUT2D eigenvalue weighted by atomic mass is 32.2. The predicted octanol–water partition coefficient (Wildman–Crippen LogP) is 1.96. The van der Waals surface area contributed by atoms with E-state index in [9.17, 15) is 26.4 Å². The summed E-state index contributed by atoms with van der Waals surface area (Å²) in [5, 5.41) is 8.80. The van der Waals surface area contributed by atoms with Crippen molar-refractivity contribution in [3.05, 3.63) is 29.3 Å². The van der Waals surface area contributed by atoms with Crippen molar-refractivity contribution in [2.75, 3.05) is 6.61 Å². The van der Waals surface area contributed by atoms with E-state index in [1.165, 1.54) is 13.0 Å². The summed E-state index contributed by atoms with van der Waals surface area (Å²) in [7, 11) is -5.89. The van der Waals surface area contributed by atoms with E-state index in [2.05, 4.69) is 8.92 Å². The van der Waals surface area contributed by atoms with E-state index in [0.29, 0.717) is 0 Å². The van der Waals surface area contributed by atoms with Gasteiger partial charge in [0.05, 0.1) is 17.7 Å². The van der Waals surface area contributed by atoms with Crippen molar-refractivity contribution < 1.29 is 35.3 Å². The van der Waals surface area contributed by atoms with Crippen LogP contribution in [0.15, 0.2) is 18.2 Å². The summed E-state index contributed by atoms with van der Waals surface area (Å²) in [4.78, 5) is 11.4. The summed E-state index contributed by atoms with van der Waals surface area (Å²) < 4.78 is 66.8. The summed E-state index contributed by atoms with van der Waals surface area (Å²) in [6.45, 7) is 1.60. The quantitative estimate of drug-likeness (QED) is 0.478. The van der Waals surface area contributed by atoms with Crippen LogP contribution in [0.5, 0.6) is 5.75 Å². The lowest BCUT2D eigenvalue weighted by molar-refractivity contribution is -0.0500. The summed E-state index contributed by atoms with van der Waals surface area (Å²) in [6.07, 6.45) is 0. The monoisotopic (exact) mass is 323 g/mol. The zero-order valence-corrected chi connectivity index (χ0v) is 11.3. The summed E-state index contributed by atoms with van der Waals surface area (Å²) in [6, 6.07) is 4.07. The van der Waals surface area contributed by atoms with Gasteiger partial charge >= 0.3 is 21.6 Å². The first kappa shape index (κ1) is 16.8. The molecule has 1 aromatic carbocycles. The van der Waals surface area contributed by atoms with Gasteiger partial charge in [-0.25, -0.2) is 4.79 Å². The molecular formula is C11H8F3NO5S. The molecule has 21 heavy (non-hydrogen) atoms. The molecule has 0 radical (unpaired) electrons. The number of carbonyl (C=O) groups excluding carboxylic acids is 1. The van der Waals surface area contributed by atoms with E-state index in [-0.39, 0.29) is 12.2 Å². The van der Waals surface area contributed by atoms with Gasteiger partial charge in [0, 0.05) is 0 Å². The van der Waals surface area contributed by atoms with Crippen molar-refractivity contribution in [2.24, 2.45) is 0 Å². The molecule has 0 aliphatic rings. The molecule has 0 atom stereocenters. The van der Waals surface area contributed by atoms with E-state index in [1.807, 2.05) is 0 Å². The number of halogens is 3. The lowest BCUT2D eigenvalue weighted by Gasteiger charge is -2.11. The topological polar surface area (TPSA) is 93.5 Å². The number of rotatable bonds is 4. The molecule has 114 valence electrons. The van der Waals surface area contributed by atoms with Crippen molar-refractivity contribution >= 4 is 16.1 Å². The molecule has 0 fully saturated rings. The number of alkyl halides is 3. The van der Waals surface area contributed by atoms with E-state index in [1.54, 1.807) is 0 Å². The summed E-state index contributed by atoms with van der Waals surface area (Å²) in [5.74, 6) is -1.64. The van der Waals surface area contributed by atoms with Crippen LogP contribution in [-0.2, 0) is 14.9 Å². The Balaban J connectivity index is 3.18. The van der Waals surface area contributed by atoms with Crippen LogP contribution >= 0.6 is 0 Å². The first-order valence-electron chi connectivity index (χ1n) is 5.34. The molecule has 0 heterocycles. The van der Waals surface area contributed by atoms with Crippen molar-refractivity contribution in [1.82, 2.24) is 0 Å². The third-order valence-corrected chi connectivity index (χ3v) is 3.06. The van der Waals surface area contributed by atoms with E-state index in [0.717, 1.165) is 18.2 Å². The average Bonchev–Trinajstić information content (AvgIpc) is 2.37. The van der Waals surface area contributed by atoms with Gasteiger partial charge in [-0.05, 0) is 25.1 Å². The highest BCUT2D eigenvalue weighted by molar-refractivity contribution is 7.88. The lowest BCUT2D eigenvalue weighted by atomic mass is 10.1. The Bertz CT molecular complexity index is 691. The first-order valence-corrected chi connectivity index (χ1v) is 6.75. The molecule has 0 saturated heterocycles. The third kappa shape index (κ3) is 3.85. The largest absolute Gasteiger partial charge is 0.534 e. The number of nitriles is 1. The Hall–Kier alpha value is -2.28. The molecule has 1 rings (SSSR count). The standard InChI is InChI=1S/C11H8F3NO5S/c1-2-19-10(16)7-3-4-9(8(5-7)6-15)20-21(17,18)11(12,13)14/h3-5H,2H2,1H3. The van der Waals surface area contributed by atoms with Gasteiger partial charge in [-0.15, -0.1) is 0 Å². The summed E-state index contributed by atoms with van der Waals surface area (Å²) in [5.41, 5.74) is -6.29. The predicted molar refractivity (Wildman–Crippen MR) is 62.7 cm³/mol. The average molecular weight is 323 g/mol. The van der Waals surface area contributed by atoms with Gasteiger partial charge in [0.15, 0.2) is 5.75 Å². The van der Waals surface area contributed by atoms with Crippen molar-refractivity contribution in [1.29, 1.82) is 5.26 Å². The number of carbonyl (C=O) groups is 1. The van der Waals surface area contributed by atoms with Gasteiger partial charge in [-0.3, -0.25) is 0 Å². The molecule has 1 aromatic rings. The Morgan fingerprint density at radius 1 is 1.38 bits per heavy atom. The fourth-order valence-electron chi connectivity index (χ4n) is 1.20. The van der Waals surface area contributed by atoms with Crippen LogP contribution in [-0.4, -0.2) is 26.5 Å². The second-order valence-corrected chi connectivity index (χ2v) is 5.06. The molecule has 0 amide bonds. The highest BCUT2D eigenvalue weighted by Gasteiger charge is 2.48. The van der Waals surface area contributed by atoms with Crippen LogP contribution < -0.4 is 4.18 Å². The minimum Gasteiger partial charge on any atom is -0.462 e. The van der Waals surface area contributed by atoms with Crippen LogP contribution in [0, 0.1) is 11.3 Å². The minimum atomic E-state index is -5.89. The Morgan fingerprint density at radius 2 is 2.00 bits per heavy atom. The second kappa shape index (κ2) is 6.01. The Morgan fingerprint density at radius 3 is 2.48 bits per heavy atom. The van der Waals surface area contributed by atoms with Crippen LogP contribution in [0.2, 0.25) is 0 Å². The fraction of sp³-hybridized carbons (Fsp3) is 0.273. The minimum absolute atomic E-state index is 0.0570. The van der Waals surface area contributed by atoms with Crippen molar-refractivity contribution in [2.45, 2.75) is 12.4 Å². The molecule has 0 saturated carbocycles. The molecular weight excluding hydrogens is 315 g/mol. The maximum Gasteiger partial charge on any atom is 0.534 e. The Labute approximate surface area is 117 Å². The van der Waals surface area contributed by atoms with Gasteiger partial charge < -0.3 is 8.92 Å². The number of benzene rings is 1. The SMILES string of the molecule is CCOC(=O)c1ccc(OS(=O)(=O)C(F)(F)F)c(C#N)c1. The number of ether oxygens (including phenoxy) is 1. The number of nitrogens with zero attached hydrogens (tertiary/aromatic N) is 1. The molecule has 0 aromatic heterocycles. The van der Waals surface area contributed by atoms with E-state index < -0.39 is 32.9 Å². The maximum atomic E-state index is 12.2. The second-order valence-electron chi connectivity index (χ2n) is 3.53. The van der Waals surface area contributed by atoms with Crippen LogP contribution in [0.4, 0.5) is 13.2 Å². The molecule has 0 unspecified atom stereocenters. The molecule has 0 aliphatic heterocycles. The van der Waals surface area contributed by atoms with Crippen LogP contribution in [0.3, 0.4) is 0 Å². The van der Waals surface area contributed by atoms with Crippen molar-refractivity contribution in [3.63, 3.8) is 0 Å². The first-order chi connectivity index (χ1) is 9.62. The van der Waals surface area contributed by atoms with Gasteiger partial charge in [-0.2, -0.15) is 26.9 Å². The van der Waals surface area contributed by atoms with Gasteiger partial charge in [0.25, 0.3) is 0 Å². The third-order valence-electron chi connectivity index (χ3n) is 2.09. The number of esters is 1. The highest BCUT2D eigenvalue weighted by Crippen LogP contribution is 2.29. The zero-order chi connectivity index (χ0) is 16.3. The smallest absolute Gasteiger partial charge is 0.462 e. The molecule has 0 bridgehead atoms. The number of hydrogen-bond acceptors (Lipinski definition) is 6. The molecule has 0 N–H and O–H groups in total. The van der Waals surface area contributed by atoms with Gasteiger partial charge in [0.2, 0.25) is 0 Å². The zero-order valence-electron chi connectivity index (χ0n) is 10.5. The number of hydrogen-bond donors (Lipinski definition) is 0. The van der Waals surface area contributed by atoms with Gasteiger partial charge in [-0.1, -0.05) is 0 Å². The normalized spacial score (nSPS) is 11.6. The van der Waals surface area contributed by atoms with Crippen LogP contribution in [0.1, 0.15) is 22.8 Å². The van der Waals surface area contributed by atoms with Gasteiger partial charge in [0.1, 0.15) is 6.07 Å². The fourth-order valence-corrected chi connectivity index (χ4v) is 1.67. The van der Waals surface area contributed by atoms with E-state index >= 15 is 0 Å². The molecule has 6 nitrogen and oxygen atoms in total. The molecule has 0 aliphatic carbocycles. The lowest BCUT2D eigenvalue weighted by Crippen LogP contribution is -2.28. The molecule has 10 heteroatoms. The van der Waals surface area contributed by atoms with Crippen molar-refractivity contribution in [3.8, 4) is 11.8 Å². The maximum absolute atomic E-state index is 12.2. The van der Waals surface area contributed by atoms with E-state index in [4.69, 9.17) is 5.26 Å². The molecule has 0 spiro atoms. The summed E-state index contributed by atoms with van der Waals surface area (Å²) >= 11 is 0. The van der Waals surface area contributed by atoms with Crippen LogP contribution in [0.25, 0.3) is 0 Å². The Kier molecular flexibility index (Phi) is 4.80.